The van der Waals surface area contributed by atoms with Crippen LogP contribution in [0.2, 0.25) is 0 Å². The SMILES string of the molecule is Cc1cc2ncc(CN(C)O)cn2n1. The molecule has 2 rings (SSSR count). The number of fused-ring (bicyclic) bond motifs is 1. The molecule has 0 amide bonds. The fourth-order valence-corrected chi connectivity index (χ4v) is 1.38. The van der Waals surface area contributed by atoms with Gasteiger partial charge >= 0.3 is 0 Å². The second-order valence-corrected chi connectivity index (χ2v) is 3.37. The number of rotatable bonds is 2. The smallest absolute Gasteiger partial charge is 0.155 e. The Bertz CT molecular complexity index is 449. The molecule has 0 aromatic carbocycles. The van der Waals surface area contributed by atoms with E-state index >= 15 is 0 Å². The lowest BCUT2D eigenvalue weighted by atomic mass is 10.3. The summed E-state index contributed by atoms with van der Waals surface area (Å²) in [6.45, 7) is 2.37. The topological polar surface area (TPSA) is 53.7 Å². The van der Waals surface area contributed by atoms with E-state index in [9.17, 15) is 0 Å². The van der Waals surface area contributed by atoms with E-state index in [0.717, 1.165) is 22.0 Å². The third kappa shape index (κ3) is 1.73. The normalized spacial score (nSPS) is 11.4. The van der Waals surface area contributed by atoms with Gasteiger partial charge in [-0.25, -0.2) is 9.50 Å². The van der Waals surface area contributed by atoms with Gasteiger partial charge in [-0.05, 0) is 6.92 Å². The highest BCUT2D eigenvalue weighted by atomic mass is 16.5. The molecule has 0 saturated carbocycles. The van der Waals surface area contributed by atoms with E-state index in [2.05, 4.69) is 10.1 Å². The molecular formula is C9H12N4O. The molecule has 0 unspecified atom stereocenters. The van der Waals surface area contributed by atoms with Crippen LogP contribution in [-0.4, -0.2) is 31.9 Å². The second kappa shape index (κ2) is 3.36. The fraction of sp³-hybridized carbons (Fsp3) is 0.333. The molecule has 0 aliphatic rings. The molecule has 5 nitrogen and oxygen atoms in total. The first kappa shape index (κ1) is 9.11. The van der Waals surface area contributed by atoms with Crippen molar-refractivity contribution in [2.24, 2.45) is 0 Å². The van der Waals surface area contributed by atoms with Crippen LogP contribution in [0.15, 0.2) is 18.5 Å². The van der Waals surface area contributed by atoms with E-state index in [-0.39, 0.29) is 0 Å². The monoisotopic (exact) mass is 192 g/mol. The van der Waals surface area contributed by atoms with E-state index in [1.807, 2.05) is 19.2 Å². The zero-order valence-electron chi connectivity index (χ0n) is 8.18. The van der Waals surface area contributed by atoms with Crippen molar-refractivity contribution < 1.29 is 5.21 Å². The van der Waals surface area contributed by atoms with Gasteiger partial charge < -0.3 is 5.21 Å². The summed E-state index contributed by atoms with van der Waals surface area (Å²) in [6.07, 6.45) is 3.60. The number of nitrogens with zero attached hydrogens (tertiary/aromatic N) is 4. The Kier molecular flexibility index (Phi) is 2.18. The molecule has 14 heavy (non-hydrogen) atoms. The lowest BCUT2D eigenvalue weighted by molar-refractivity contribution is -0.0733. The number of aryl methyl sites for hydroxylation is 1. The van der Waals surface area contributed by atoms with Crippen LogP contribution in [-0.2, 0) is 6.54 Å². The summed E-state index contributed by atoms with van der Waals surface area (Å²) in [5, 5.41) is 14.4. The molecule has 0 atom stereocenters. The maximum Gasteiger partial charge on any atom is 0.155 e. The Labute approximate surface area is 81.6 Å². The lowest BCUT2D eigenvalue weighted by Gasteiger charge is -2.06. The van der Waals surface area contributed by atoms with Gasteiger partial charge in [0.05, 0.1) is 12.2 Å². The van der Waals surface area contributed by atoms with Crippen LogP contribution in [0.4, 0.5) is 0 Å². The molecule has 5 heteroatoms. The minimum Gasteiger partial charge on any atom is -0.314 e. The fourth-order valence-electron chi connectivity index (χ4n) is 1.38. The van der Waals surface area contributed by atoms with Crippen molar-refractivity contribution in [3.63, 3.8) is 0 Å². The zero-order valence-corrected chi connectivity index (χ0v) is 8.18. The van der Waals surface area contributed by atoms with E-state index < -0.39 is 0 Å². The van der Waals surface area contributed by atoms with Crippen molar-refractivity contribution in [3.05, 3.63) is 29.7 Å². The summed E-state index contributed by atoms with van der Waals surface area (Å²) >= 11 is 0. The van der Waals surface area contributed by atoms with Gasteiger partial charge in [0, 0.05) is 31.1 Å². The average Bonchev–Trinajstić information content (AvgIpc) is 2.42. The third-order valence-electron chi connectivity index (χ3n) is 1.90. The Hall–Kier alpha value is -1.46. The Morgan fingerprint density at radius 1 is 1.57 bits per heavy atom. The van der Waals surface area contributed by atoms with Gasteiger partial charge in [0.1, 0.15) is 0 Å². The summed E-state index contributed by atoms with van der Waals surface area (Å²) in [6, 6.07) is 1.91. The van der Waals surface area contributed by atoms with E-state index in [4.69, 9.17) is 5.21 Å². The first-order valence-corrected chi connectivity index (χ1v) is 4.36. The minimum atomic E-state index is 0.446. The Balaban J connectivity index is 2.40. The Morgan fingerprint density at radius 3 is 3.07 bits per heavy atom. The van der Waals surface area contributed by atoms with Crippen molar-refractivity contribution >= 4 is 5.65 Å². The van der Waals surface area contributed by atoms with Gasteiger partial charge in [0.2, 0.25) is 0 Å². The zero-order chi connectivity index (χ0) is 10.1. The number of hydroxylamine groups is 2. The highest BCUT2D eigenvalue weighted by Crippen LogP contribution is 2.05. The molecule has 2 aromatic heterocycles. The number of hydrogen-bond donors (Lipinski definition) is 1. The standard InChI is InChI=1S/C9H12N4O/c1-7-3-9-10-4-8(5-12(2)14)6-13(9)11-7/h3-4,6,14H,5H2,1-2H3. The number of aromatic nitrogens is 3. The van der Waals surface area contributed by atoms with E-state index in [1.165, 1.54) is 0 Å². The summed E-state index contributed by atoms with van der Waals surface area (Å²) in [5.74, 6) is 0. The molecule has 0 radical (unpaired) electrons. The molecule has 0 fully saturated rings. The summed E-state index contributed by atoms with van der Waals surface area (Å²) < 4.78 is 1.72. The summed E-state index contributed by atoms with van der Waals surface area (Å²) in [5.41, 5.74) is 2.68. The van der Waals surface area contributed by atoms with Gasteiger partial charge in [-0.3, -0.25) is 0 Å². The maximum atomic E-state index is 9.06. The highest BCUT2D eigenvalue weighted by Gasteiger charge is 2.01. The Morgan fingerprint density at radius 2 is 2.36 bits per heavy atom. The van der Waals surface area contributed by atoms with Crippen molar-refractivity contribution in [1.82, 2.24) is 19.7 Å². The predicted octanol–water partition coefficient (Wildman–Crippen LogP) is 0.859. The molecule has 0 spiro atoms. The van der Waals surface area contributed by atoms with Crippen LogP contribution >= 0.6 is 0 Å². The van der Waals surface area contributed by atoms with Crippen molar-refractivity contribution in [3.8, 4) is 0 Å². The van der Waals surface area contributed by atoms with Crippen LogP contribution in [0.3, 0.4) is 0 Å². The van der Waals surface area contributed by atoms with Crippen molar-refractivity contribution in [2.45, 2.75) is 13.5 Å². The van der Waals surface area contributed by atoms with Gasteiger partial charge in [-0.2, -0.15) is 10.2 Å². The molecule has 0 bridgehead atoms. The highest BCUT2D eigenvalue weighted by molar-refractivity contribution is 5.38. The van der Waals surface area contributed by atoms with Gasteiger partial charge in [0.25, 0.3) is 0 Å². The van der Waals surface area contributed by atoms with Crippen molar-refractivity contribution in [1.29, 1.82) is 0 Å². The lowest BCUT2D eigenvalue weighted by Crippen LogP contribution is -2.12. The summed E-state index contributed by atoms with van der Waals surface area (Å²) in [4.78, 5) is 4.22. The molecule has 2 heterocycles. The molecule has 1 N–H and O–H groups in total. The second-order valence-electron chi connectivity index (χ2n) is 3.37. The van der Waals surface area contributed by atoms with Crippen LogP contribution in [0.1, 0.15) is 11.3 Å². The first-order chi connectivity index (χ1) is 6.65. The average molecular weight is 192 g/mol. The quantitative estimate of drug-likeness (QED) is 0.717. The van der Waals surface area contributed by atoms with Crippen LogP contribution in [0.25, 0.3) is 5.65 Å². The maximum absolute atomic E-state index is 9.06. The summed E-state index contributed by atoms with van der Waals surface area (Å²) in [7, 11) is 1.60. The largest absolute Gasteiger partial charge is 0.314 e. The number of hydrogen-bond acceptors (Lipinski definition) is 4. The van der Waals surface area contributed by atoms with Gasteiger partial charge in [-0.1, -0.05) is 0 Å². The first-order valence-electron chi connectivity index (χ1n) is 4.36. The molecule has 74 valence electrons. The van der Waals surface area contributed by atoms with Crippen LogP contribution in [0, 0.1) is 6.92 Å². The van der Waals surface area contributed by atoms with E-state index in [1.54, 1.807) is 17.8 Å². The molecule has 2 aromatic rings. The molecule has 0 aliphatic carbocycles. The van der Waals surface area contributed by atoms with Gasteiger partial charge in [0.15, 0.2) is 5.65 Å². The molecular weight excluding hydrogens is 180 g/mol. The molecule has 0 saturated heterocycles. The third-order valence-corrected chi connectivity index (χ3v) is 1.90. The minimum absolute atomic E-state index is 0.446. The predicted molar refractivity (Wildman–Crippen MR) is 51.0 cm³/mol. The van der Waals surface area contributed by atoms with Gasteiger partial charge in [-0.15, -0.1) is 0 Å². The van der Waals surface area contributed by atoms with Crippen molar-refractivity contribution in [2.75, 3.05) is 7.05 Å². The van der Waals surface area contributed by atoms with E-state index in [0.29, 0.717) is 6.54 Å². The van der Waals surface area contributed by atoms with Crippen LogP contribution < -0.4 is 0 Å². The molecule has 0 aliphatic heterocycles. The van der Waals surface area contributed by atoms with Crippen LogP contribution in [0.5, 0.6) is 0 Å².